The van der Waals surface area contributed by atoms with Crippen molar-refractivity contribution in [2.45, 2.75) is 45.1 Å². The van der Waals surface area contributed by atoms with Gasteiger partial charge in [0.05, 0.1) is 6.67 Å². The second-order valence-electron chi connectivity index (χ2n) is 8.46. The van der Waals surface area contributed by atoms with Crippen LogP contribution in [0.2, 0.25) is 5.02 Å². The van der Waals surface area contributed by atoms with Crippen LogP contribution in [0.1, 0.15) is 38.2 Å². The van der Waals surface area contributed by atoms with Crippen molar-refractivity contribution >= 4 is 29.2 Å². The lowest BCUT2D eigenvalue weighted by Gasteiger charge is -2.39. The first-order chi connectivity index (χ1) is 13.4. The maximum atomic E-state index is 13.1. The second kappa shape index (κ2) is 7.56. The van der Waals surface area contributed by atoms with Gasteiger partial charge in [0.25, 0.3) is 5.91 Å². The lowest BCUT2D eigenvalue weighted by Crippen LogP contribution is -2.55. The topological polar surface area (TPSA) is 55.9 Å². The van der Waals surface area contributed by atoms with Gasteiger partial charge in [0.2, 0.25) is 0 Å². The Kier molecular flexibility index (Phi) is 5.27. The number of benzene rings is 1. The van der Waals surface area contributed by atoms with E-state index in [1.165, 1.54) is 10.5 Å². The van der Waals surface area contributed by atoms with Gasteiger partial charge in [-0.15, -0.1) is 0 Å². The SMILES string of the molecule is Cc1ccc(Cl)cc1N1CCN(CN2C(=O)N[C@@]3(CCCC[C@@H]3C)C2=O)CC1. The smallest absolute Gasteiger partial charge is 0.326 e. The van der Waals surface area contributed by atoms with E-state index in [1.54, 1.807) is 0 Å². The highest BCUT2D eigenvalue weighted by Gasteiger charge is 2.55. The average molecular weight is 405 g/mol. The minimum absolute atomic E-state index is 0.0298. The van der Waals surface area contributed by atoms with Crippen LogP contribution in [0.5, 0.6) is 0 Å². The number of aryl methyl sites for hydroxylation is 1. The van der Waals surface area contributed by atoms with Crippen LogP contribution < -0.4 is 10.2 Å². The minimum atomic E-state index is -0.672. The number of nitrogens with zero attached hydrogens (tertiary/aromatic N) is 3. The number of imide groups is 1. The predicted octanol–water partition coefficient (Wildman–Crippen LogP) is 3.23. The number of carbonyl (C=O) groups is 2. The zero-order valence-corrected chi connectivity index (χ0v) is 17.5. The van der Waals surface area contributed by atoms with Crippen LogP contribution in [0.4, 0.5) is 10.5 Å². The molecule has 0 radical (unpaired) electrons. The van der Waals surface area contributed by atoms with Gasteiger partial charge in [-0.05, 0) is 43.4 Å². The van der Waals surface area contributed by atoms with E-state index in [-0.39, 0.29) is 17.9 Å². The molecule has 2 atom stereocenters. The summed E-state index contributed by atoms with van der Waals surface area (Å²) in [7, 11) is 0. The molecule has 2 aliphatic heterocycles. The Bertz CT molecular complexity index is 778. The summed E-state index contributed by atoms with van der Waals surface area (Å²) in [5, 5.41) is 3.79. The van der Waals surface area contributed by atoms with Crippen molar-refractivity contribution < 1.29 is 9.59 Å². The molecule has 7 heteroatoms. The Morgan fingerprint density at radius 1 is 1.18 bits per heavy atom. The van der Waals surface area contributed by atoms with Gasteiger partial charge < -0.3 is 10.2 Å². The number of amides is 3. The van der Waals surface area contributed by atoms with Crippen molar-refractivity contribution in [3.8, 4) is 0 Å². The molecule has 2 heterocycles. The van der Waals surface area contributed by atoms with Gasteiger partial charge in [-0.25, -0.2) is 9.69 Å². The van der Waals surface area contributed by atoms with Gasteiger partial charge in [0.15, 0.2) is 0 Å². The third-order valence-electron chi connectivity index (χ3n) is 6.73. The molecule has 3 fully saturated rings. The molecule has 1 aliphatic carbocycles. The van der Waals surface area contributed by atoms with Gasteiger partial charge in [-0.3, -0.25) is 9.69 Å². The van der Waals surface area contributed by atoms with E-state index in [1.807, 2.05) is 18.2 Å². The monoisotopic (exact) mass is 404 g/mol. The second-order valence-corrected chi connectivity index (χ2v) is 8.90. The molecule has 1 aromatic carbocycles. The number of anilines is 1. The summed E-state index contributed by atoms with van der Waals surface area (Å²) in [6.45, 7) is 7.89. The molecule has 0 unspecified atom stereocenters. The molecule has 0 aromatic heterocycles. The summed E-state index contributed by atoms with van der Waals surface area (Å²) in [4.78, 5) is 31.7. The van der Waals surface area contributed by atoms with Crippen LogP contribution >= 0.6 is 11.6 Å². The largest absolute Gasteiger partial charge is 0.369 e. The molecule has 152 valence electrons. The van der Waals surface area contributed by atoms with E-state index < -0.39 is 5.54 Å². The number of urea groups is 1. The number of carbonyl (C=O) groups excluding carboxylic acids is 2. The predicted molar refractivity (Wildman–Crippen MR) is 111 cm³/mol. The summed E-state index contributed by atoms with van der Waals surface area (Å²) in [5.41, 5.74) is 1.70. The van der Waals surface area contributed by atoms with Crippen molar-refractivity contribution in [1.29, 1.82) is 0 Å². The Balaban J connectivity index is 1.39. The zero-order chi connectivity index (χ0) is 19.9. The number of hydrogen-bond donors (Lipinski definition) is 1. The van der Waals surface area contributed by atoms with Gasteiger partial charge in [-0.2, -0.15) is 0 Å². The molecule has 2 saturated heterocycles. The summed E-state index contributed by atoms with van der Waals surface area (Å²) >= 11 is 6.17. The third-order valence-corrected chi connectivity index (χ3v) is 6.96. The van der Waals surface area contributed by atoms with Crippen molar-refractivity contribution in [3.63, 3.8) is 0 Å². The fourth-order valence-electron chi connectivity index (χ4n) is 4.88. The highest BCUT2D eigenvalue weighted by Crippen LogP contribution is 2.38. The first kappa shape index (κ1) is 19.5. The quantitative estimate of drug-likeness (QED) is 0.786. The van der Waals surface area contributed by atoms with Crippen LogP contribution in [-0.4, -0.2) is 60.1 Å². The van der Waals surface area contributed by atoms with Crippen molar-refractivity contribution in [2.75, 3.05) is 37.7 Å². The number of hydrogen-bond acceptors (Lipinski definition) is 4. The van der Waals surface area contributed by atoms with E-state index in [4.69, 9.17) is 11.6 Å². The Hall–Kier alpha value is -1.79. The molecular formula is C21H29ClN4O2. The zero-order valence-electron chi connectivity index (χ0n) is 16.7. The summed E-state index contributed by atoms with van der Waals surface area (Å²) in [6.07, 6.45) is 3.90. The summed E-state index contributed by atoms with van der Waals surface area (Å²) < 4.78 is 0. The first-order valence-electron chi connectivity index (χ1n) is 10.3. The van der Waals surface area contributed by atoms with Gasteiger partial charge in [-0.1, -0.05) is 37.4 Å². The van der Waals surface area contributed by atoms with Crippen LogP contribution in [-0.2, 0) is 4.79 Å². The standard InChI is InChI=1S/C21H29ClN4O2/c1-15-6-7-17(22)13-18(15)25-11-9-24(10-12-25)14-26-19(27)21(23-20(26)28)8-4-3-5-16(21)2/h6-7,13,16H,3-5,8-12,14H2,1-2H3,(H,23,28)/t16-,21+/m0/s1. The van der Waals surface area contributed by atoms with Crippen molar-refractivity contribution in [3.05, 3.63) is 28.8 Å². The summed E-state index contributed by atoms with van der Waals surface area (Å²) in [6, 6.07) is 5.74. The van der Waals surface area contributed by atoms with Gasteiger partial charge in [0, 0.05) is 36.9 Å². The van der Waals surface area contributed by atoms with Crippen LogP contribution in [0.15, 0.2) is 18.2 Å². The van der Waals surface area contributed by atoms with E-state index in [0.717, 1.165) is 62.6 Å². The molecule has 6 nitrogen and oxygen atoms in total. The number of piperazine rings is 1. The van der Waals surface area contributed by atoms with E-state index in [0.29, 0.717) is 6.67 Å². The highest BCUT2D eigenvalue weighted by atomic mass is 35.5. The number of nitrogens with one attached hydrogen (secondary N) is 1. The lowest BCUT2D eigenvalue weighted by molar-refractivity contribution is -0.135. The lowest BCUT2D eigenvalue weighted by atomic mass is 9.73. The maximum absolute atomic E-state index is 13.1. The molecule has 1 N–H and O–H groups in total. The molecule has 1 saturated carbocycles. The fourth-order valence-corrected chi connectivity index (χ4v) is 5.04. The molecule has 4 rings (SSSR count). The molecular weight excluding hydrogens is 376 g/mol. The fraction of sp³-hybridized carbons (Fsp3) is 0.619. The van der Waals surface area contributed by atoms with E-state index in [9.17, 15) is 9.59 Å². The van der Waals surface area contributed by atoms with E-state index >= 15 is 0 Å². The maximum Gasteiger partial charge on any atom is 0.326 e. The van der Waals surface area contributed by atoms with Crippen molar-refractivity contribution in [1.82, 2.24) is 15.1 Å². The number of rotatable bonds is 3. The first-order valence-corrected chi connectivity index (χ1v) is 10.7. The Morgan fingerprint density at radius 2 is 1.93 bits per heavy atom. The third kappa shape index (κ3) is 3.37. The summed E-state index contributed by atoms with van der Waals surface area (Å²) in [5.74, 6) is 0.170. The molecule has 3 amide bonds. The molecule has 0 bridgehead atoms. The van der Waals surface area contributed by atoms with Gasteiger partial charge in [0.1, 0.15) is 5.54 Å². The van der Waals surface area contributed by atoms with Crippen LogP contribution in [0.3, 0.4) is 0 Å². The Morgan fingerprint density at radius 3 is 2.64 bits per heavy atom. The number of halogens is 1. The van der Waals surface area contributed by atoms with E-state index in [2.05, 4.69) is 29.0 Å². The molecule has 3 aliphatic rings. The molecule has 1 aromatic rings. The van der Waals surface area contributed by atoms with Crippen molar-refractivity contribution in [2.24, 2.45) is 5.92 Å². The van der Waals surface area contributed by atoms with Crippen LogP contribution in [0, 0.1) is 12.8 Å². The molecule has 1 spiro atoms. The highest BCUT2D eigenvalue weighted by molar-refractivity contribution is 6.30. The van der Waals surface area contributed by atoms with Gasteiger partial charge >= 0.3 is 6.03 Å². The average Bonchev–Trinajstić information content (AvgIpc) is 2.92. The normalized spacial score (nSPS) is 28.9. The van der Waals surface area contributed by atoms with Crippen LogP contribution in [0.25, 0.3) is 0 Å². The Labute approximate surface area is 171 Å². The molecule has 28 heavy (non-hydrogen) atoms. The minimum Gasteiger partial charge on any atom is -0.369 e.